The first-order valence-corrected chi connectivity index (χ1v) is 37.7. The van der Waals surface area contributed by atoms with Crippen LogP contribution in [0.2, 0.25) is 12.1 Å². The molecule has 4 aromatic rings. The van der Waals surface area contributed by atoms with Gasteiger partial charge < -0.3 is 26.6 Å². The molecular formula is C50H84N2O6S7Si2. The first kappa shape index (κ1) is 59.7. The summed E-state index contributed by atoms with van der Waals surface area (Å²) in [7, 11) is 4.82. The summed E-state index contributed by atoms with van der Waals surface area (Å²) in [5.41, 5.74) is 2.29. The Labute approximate surface area is 435 Å². The fourth-order valence-corrected chi connectivity index (χ4v) is 25.6. The van der Waals surface area contributed by atoms with Crippen molar-refractivity contribution >= 4 is 112 Å². The van der Waals surface area contributed by atoms with Crippen LogP contribution in [0.3, 0.4) is 0 Å². The van der Waals surface area contributed by atoms with Gasteiger partial charge in [-0.2, -0.15) is 0 Å². The van der Waals surface area contributed by atoms with Gasteiger partial charge >= 0.3 is 17.6 Å². The molecular weight excluding hydrogens is 1010 g/mol. The van der Waals surface area contributed by atoms with Crippen LogP contribution in [0, 0.1) is 0 Å². The average Bonchev–Trinajstić information content (AvgIpc) is 3.97. The third-order valence-electron chi connectivity index (χ3n) is 11.8. The molecule has 0 aliphatic rings. The van der Waals surface area contributed by atoms with E-state index in [2.05, 4.69) is 48.5 Å². The summed E-state index contributed by atoms with van der Waals surface area (Å²) in [6, 6.07) is 19.1. The number of unbranched alkanes of at least 4 members (excludes halogenated alkanes) is 14. The highest BCUT2D eigenvalue weighted by Gasteiger charge is 2.40. The van der Waals surface area contributed by atoms with Crippen molar-refractivity contribution in [2.24, 2.45) is 0 Å². The number of para-hydroxylation sites is 2. The maximum Gasteiger partial charge on any atom is 0.500 e. The van der Waals surface area contributed by atoms with Crippen LogP contribution in [0.1, 0.15) is 179 Å². The van der Waals surface area contributed by atoms with Crippen LogP contribution in [0.15, 0.2) is 48.5 Å². The average molecular weight is 1090 g/mol. The number of hydrogen-bond donors (Lipinski definition) is 0. The molecule has 2 aromatic heterocycles. The minimum atomic E-state index is -2.51. The molecule has 0 bridgehead atoms. The van der Waals surface area contributed by atoms with Crippen molar-refractivity contribution in [3.63, 3.8) is 0 Å². The Hall–Kier alpha value is 0.164. The van der Waals surface area contributed by atoms with E-state index in [1.54, 1.807) is 0 Å². The quantitative estimate of drug-likeness (QED) is 0.0240. The van der Waals surface area contributed by atoms with E-state index in [0.717, 1.165) is 47.5 Å². The maximum absolute atomic E-state index is 6.05. The van der Waals surface area contributed by atoms with Gasteiger partial charge in [0.2, 0.25) is 0 Å². The standard InChI is InChI=1S/C50H84N2O6S7Si2/c1-7-53-66(54-8-2,55-9-3)39-31-23-19-15-13-17-21-25-33-43(49-51-45-35-27-29-37-47(45)61-49)41-59-63-65-64-60-42-44(50-52-46-36-28-30-38-48(46)62-50)34-26-22-18-14-16-20-24-32-40-67(56-10-4,57-11-5)58-12-6/h27-30,35-38,43-44H,7-26,31-34,39-42H2,1-6H3. The van der Waals surface area contributed by atoms with Gasteiger partial charge in [-0.25, -0.2) is 9.97 Å². The van der Waals surface area contributed by atoms with Gasteiger partial charge in [0.05, 0.1) is 30.4 Å². The first-order chi connectivity index (χ1) is 32.9. The van der Waals surface area contributed by atoms with E-state index < -0.39 is 17.6 Å². The van der Waals surface area contributed by atoms with Gasteiger partial charge in [0, 0.05) is 75.1 Å². The van der Waals surface area contributed by atoms with Crippen LogP contribution in [-0.4, -0.2) is 78.7 Å². The summed E-state index contributed by atoms with van der Waals surface area (Å²) in [6.45, 7) is 16.2. The van der Waals surface area contributed by atoms with Crippen molar-refractivity contribution in [3.8, 4) is 0 Å². The van der Waals surface area contributed by atoms with Crippen molar-refractivity contribution in [1.29, 1.82) is 0 Å². The minimum absolute atomic E-state index is 0.496. The molecule has 8 nitrogen and oxygen atoms in total. The van der Waals surface area contributed by atoms with Crippen LogP contribution >= 0.6 is 73.7 Å². The molecule has 2 atom stereocenters. The SMILES string of the molecule is CCO[Si](CCCCCCCCCCC(CSSSSSCC(CCCCCCCCCC[Si](OCC)(OCC)OCC)c1nc2ccccc2s1)c1nc2ccccc2s1)(OCC)OCC. The highest BCUT2D eigenvalue weighted by Crippen LogP contribution is 2.51. The highest BCUT2D eigenvalue weighted by molar-refractivity contribution is 9.35. The summed E-state index contributed by atoms with van der Waals surface area (Å²) >= 11 is 3.80. The highest BCUT2D eigenvalue weighted by atomic mass is 33.8. The molecule has 0 aliphatic heterocycles. The summed E-state index contributed by atoms with van der Waals surface area (Å²) in [5.74, 6) is 3.20. The molecule has 0 fully saturated rings. The van der Waals surface area contributed by atoms with E-state index in [1.165, 1.54) is 122 Å². The Balaban J connectivity index is 1.13. The predicted octanol–water partition coefficient (Wildman–Crippen LogP) is 18.2. The number of benzene rings is 2. The fraction of sp³-hybridized carbons (Fsp3) is 0.720. The van der Waals surface area contributed by atoms with Crippen LogP contribution in [0.25, 0.3) is 20.4 Å². The monoisotopic (exact) mass is 1090 g/mol. The lowest BCUT2D eigenvalue weighted by molar-refractivity contribution is 0.0698. The number of hydrogen-bond acceptors (Lipinski definition) is 15. The second kappa shape index (κ2) is 37.0. The van der Waals surface area contributed by atoms with E-state index in [0.29, 0.717) is 51.5 Å². The summed E-state index contributed by atoms with van der Waals surface area (Å²) in [4.78, 5) is 10.3. The Morgan fingerprint density at radius 3 is 1.06 bits per heavy atom. The molecule has 0 aliphatic carbocycles. The zero-order chi connectivity index (χ0) is 47.7. The number of nitrogens with zero attached hydrogens (tertiary/aromatic N) is 2. The number of thiazole rings is 2. The van der Waals surface area contributed by atoms with Gasteiger partial charge in [-0.05, 0) is 121 Å². The van der Waals surface area contributed by atoms with Crippen molar-refractivity contribution in [1.82, 2.24) is 9.97 Å². The second-order valence-electron chi connectivity index (χ2n) is 16.9. The van der Waals surface area contributed by atoms with E-state index in [4.69, 9.17) is 36.5 Å². The van der Waals surface area contributed by atoms with Crippen LogP contribution in [0.5, 0.6) is 0 Å². The minimum Gasteiger partial charge on any atom is -0.374 e. The first-order valence-electron chi connectivity index (χ1n) is 25.7. The van der Waals surface area contributed by atoms with E-state index in [1.807, 2.05) is 115 Å². The molecule has 0 N–H and O–H groups in total. The summed E-state index contributed by atoms with van der Waals surface area (Å²) < 4.78 is 38.9. The molecule has 0 saturated heterocycles. The van der Waals surface area contributed by atoms with E-state index in [-0.39, 0.29) is 0 Å². The molecule has 67 heavy (non-hydrogen) atoms. The predicted molar refractivity (Wildman–Crippen MR) is 306 cm³/mol. The van der Waals surface area contributed by atoms with Crippen molar-refractivity contribution < 1.29 is 26.6 Å². The zero-order valence-corrected chi connectivity index (χ0v) is 49.5. The molecule has 2 aromatic carbocycles. The van der Waals surface area contributed by atoms with Gasteiger partial charge in [0.1, 0.15) is 0 Å². The fourth-order valence-electron chi connectivity index (χ4n) is 8.54. The van der Waals surface area contributed by atoms with Crippen molar-refractivity contribution in [3.05, 3.63) is 58.5 Å². The molecule has 2 heterocycles. The van der Waals surface area contributed by atoms with Crippen molar-refractivity contribution in [2.45, 2.75) is 181 Å². The number of rotatable bonds is 44. The summed E-state index contributed by atoms with van der Waals surface area (Å²) in [5, 5.41) is 2.62. The van der Waals surface area contributed by atoms with Crippen LogP contribution < -0.4 is 0 Å². The van der Waals surface area contributed by atoms with Crippen LogP contribution in [-0.2, 0) is 26.6 Å². The molecule has 0 radical (unpaired) electrons. The topological polar surface area (TPSA) is 81.2 Å². The van der Waals surface area contributed by atoms with Gasteiger partial charge in [0.15, 0.2) is 0 Å². The number of aromatic nitrogens is 2. The molecule has 0 saturated carbocycles. The Morgan fingerprint density at radius 2 is 0.731 bits per heavy atom. The third kappa shape index (κ3) is 23.3. The normalized spacial score (nSPS) is 13.3. The lowest BCUT2D eigenvalue weighted by Crippen LogP contribution is -2.45. The molecule has 0 spiro atoms. The van der Waals surface area contributed by atoms with E-state index >= 15 is 0 Å². The van der Waals surface area contributed by atoms with Gasteiger partial charge in [-0.3, -0.25) is 0 Å². The van der Waals surface area contributed by atoms with Gasteiger partial charge in [-0.1, -0.05) is 136 Å². The van der Waals surface area contributed by atoms with Crippen LogP contribution in [0.4, 0.5) is 0 Å². The molecule has 4 rings (SSSR count). The largest absolute Gasteiger partial charge is 0.500 e. The summed E-state index contributed by atoms with van der Waals surface area (Å²) in [6.07, 6.45) is 22.7. The zero-order valence-electron chi connectivity index (χ0n) is 41.8. The Bertz CT molecular complexity index is 1600. The molecule has 2 unspecified atom stereocenters. The Kier molecular flexibility index (Phi) is 33.0. The smallest absolute Gasteiger partial charge is 0.374 e. The molecule has 17 heteroatoms. The van der Waals surface area contributed by atoms with Crippen molar-refractivity contribution in [2.75, 3.05) is 51.1 Å². The Morgan fingerprint density at radius 1 is 0.418 bits per heavy atom. The maximum atomic E-state index is 6.05. The lowest BCUT2D eigenvalue weighted by atomic mass is 10.0. The number of fused-ring (bicyclic) bond motifs is 2. The third-order valence-corrected chi connectivity index (χ3v) is 29.3. The molecule has 0 amide bonds. The molecule has 380 valence electrons. The van der Waals surface area contributed by atoms with Gasteiger partial charge in [-0.15, -0.1) is 22.7 Å². The van der Waals surface area contributed by atoms with E-state index in [9.17, 15) is 0 Å². The lowest BCUT2D eigenvalue weighted by Gasteiger charge is -2.28. The van der Waals surface area contributed by atoms with Gasteiger partial charge in [0.25, 0.3) is 0 Å². The second-order valence-corrected chi connectivity index (χ2v) is 32.4.